The Morgan fingerprint density at radius 3 is 1.64 bits per heavy atom. The van der Waals surface area contributed by atoms with Crippen molar-refractivity contribution in [2.75, 3.05) is 0 Å². The molecule has 0 spiro atoms. The van der Waals surface area contributed by atoms with Gasteiger partial charge in [-0.2, -0.15) is 8.42 Å². The van der Waals surface area contributed by atoms with E-state index in [-0.39, 0.29) is 20.9 Å². The van der Waals surface area contributed by atoms with Gasteiger partial charge in [-0.25, -0.2) is 13.1 Å². The Balaban J connectivity index is 1.85. The molecule has 1 atom stereocenters. The second-order valence-corrected chi connectivity index (χ2v) is 11.6. The first-order chi connectivity index (χ1) is 17.2. The highest BCUT2D eigenvalue weighted by atomic mass is 32.2. The van der Waals surface area contributed by atoms with E-state index in [1.165, 1.54) is 12.1 Å². The van der Waals surface area contributed by atoms with Gasteiger partial charge in [0.1, 0.15) is 4.90 Å². The molecule has 36 heavy (non-hydrogen) atoms. The van der Waals surface area contributed by atoms with Crippen molar-refractivity contribution in [3.05, 3.63) is 109 Å². The minimum atomic E-state index is -4.69. The zero-order valence-corrected chi connectivity index (χ0v) is 20.9. The van der Waals surface area contributed by atoms with E-state index >= 15 is 0 Å². The number of fused-ring (bicyclic) bond motifs is 2. The van der Waals surface area contributed by atoms with Crippen LogP contribution in [0.5, 0.6) is 0 Å². The number of benzene rings is 5. The molecule has 5 aromatic rings. The van der Waals surface area contributed by atoms with Crippen LogP contribution in [0.1, 0.15) is 18.5 Å². The van der Waals surface area contributed by atoms with Crippen molar-refractivity contribution in [3.63, 3.8) is 0 Å². The van der Waals surface area contributed by atoms with Gasteiger partial charge < -0.3 is 0 Å². The number of hydrogen-bond donors (Lipinski definition) is 2. The highest BCUT2D eigenvalue weighted by Crippen LogP contribution is 2.42. The maximum atomic E-state index is 13.8. The Morgan fingerprint density at radius 2 is 1.08 bits per heavy atom. The normalized spacial score (nSPS) is 13.2. The van der Waals surface area contributed by atoms with E-state index in [9.17, 15) is 21.4 Å². The van der Waals surface area contributed by atoms with Gasteiger partial charge in [-0.05, 0) is 46.2 Å². The Kier molecular flexibility index (Phi) is 6.13. The highest BCUT2D eigenvalue weighted by molar-refractivity contribution is 7.89. The third-order valence-corrected chi connectivity index (χ3v) is 8.71. The van der Waals surface area contributed by atoms with Crippen LogP contribution in [0.4, 0.5) is 0 Å². The summed E-state index contributed by atoms with van der Waals surface area (Å²) < 4.78 is 65.6. The van der Waals surface area contributed by atoms with E-state index in [4.69, 9.17) is 0 Å². The predicted octanol–water partition coefficient (Wildman–Crippen LogP) is 5.95. The number of nitrogens with one attached hydrogen (secondary N) is 1. The van der Waals surface area contributed by atoms with Crippen LogP contribution in [-0.4, -0.2) is 21.4 Å². The molecule has 0 aliphatic rings. The zero-order chi connectivity index (χ0) is 25.5. The molecule has 0 fully saturated rings. The van der Waals surface area contributed by atoms with E-state index in [1.807, 2.05) is 54.6 Å². The van der Waals surface area contributed by atoms with Crippen LogP contribution in [0.15, 0.2) is 113 Å². The van der Waals surface area contributed by atoms with E-state index in [2.05, 4.69) is 4.72 Å². The highest BCUT2D eigenvalue weighted by Gasteiger charge is 2.28. The average molecular weight is 518 g/mol. The summed E-state index contributed by atoms with van der Waals surface area (Å²) in [7, 11) is -8.82. The van der Waals surface area contributed by atoms with Gasteiger partial charge in [-0.1, -0.05) is 91.0 Å². The molecule has 0 saturated carbocycles. The molecular weight excluding hydrogens is 494 g/mol. The summed E-state index contributed by atoms with van der Waals surface area (Å²) in [5.41, 5.74) is 1.14. The second kappa shape index (κ2) is 9.15. The third kappa shape index (κ3) is 4.40. The summed E-state index contributed by atoms with van der Waals surface area (Å²) in [6.45, 7) is 1.75. The first-order valence-electron chi connectivity index (χ1n) is 11.3. The van der Waals surface area contributed by atoms with Crippen molar-refractivity contribution in [2.45, 2.75) is 22.8 Å². The lowest BCUT2D eigenvalue weighted by atomic mass is 9.94. The monoisotopic (exact) mass is 517 g/mol. The molecule has 182 valence electrons. The van der Waals surface area contributed by atoms with Crippen LogP contribution >= 0.6 is 0 Å². The number of sulfonamides is 1. The molecule has 1 unspecified atom stereocenters. The standard InChI is InChI=1S/C28H23NO5S2/c1-19(20-9-3-2-4-10-20)29-35(30,31)25-17-15-21-11-5-7-13-23(21)27(25)28-24-14-8-6-12-22(24)16-18-26(28)36(32,33)34/h2-19,29H,1H3,(H,32,33,34). The lowest BCUT2D eigenvalue weighted by Gasteiger charge is -2.20. The van der Waals surface area contributed by atoms with Crippen molar-refractivity contribution < 1.29 is 21.4 Å². The minimum Gasteiger partial charge on any atom is -0.282 e. The van der Waals surface area contributed by atoms with E-state index < -0.39 is 26.2 Å². The summed E-state index contributed by atoms with van der Waals surface area (Å²) in [6.07, 6.45) is 0. The summed E-state index contributed by atoms with van der Waals surface area (Å²) in [5, 5.41) is 2.50. The van der Waals surface area contributed by atoms with Crippen LogP contribution in [-0.2, 0) is 20.1 Å². The molecule has 0 aromatic heterocycles. The SMILES string of the molecule is CC(NS(=O)(=O)c1ccc2ccccc2c1-c1c(S(=O)(=O)O)ccc2ccccc12)c1ccccc1. The Hall–Kier alpha value is -3.56. The smallest absolute Gasteiger partial charge is 0.282 e. The van der Waals surface area contributed by atoms with E-state index in [0.717, 1.165) is 10.9 Å². The molecule has 0 bridgehead atoms. The van der Waals surface area contributed by atoms with Crippen molar-refractivity contribution in [1.29, 1.82) is 0 Å². The number of rotatable bonds is 6. The van der Waals surface area contributed by atoms with Crippen LogP contribution in [0.25, 0.3) is 32.7 Å². The Labute approximate surface area is 210 Å². The Bertz CT molecular complexity index is 1820. The molecule has 2 N–H and O–H groups in total. The molecule has 6 nitrogen and oxygen atoms in total. The maximum Gasteiger partial charge on any atom is 0.295 e. The van der Waals surface area contributed by atoms with E-state index in [1.54, 1.807) is 43.3 Å². The van der Waals surface area contributed by atoms with Gasteiger partial charge in [0.05, 0.1) is 4.90 Å². The summed E-state index contributed by atoms with van der Waals surface area (Å²) in [4.78, 5) is -0.435. The molecule has 5 rings (SSSR count). The zero-order valence-electron chi connectivity index (χ0n) is 19.3. The minimum absolute atomic E-state index is 0.0785. The van der Waals surface area contributed by atoms with Crippen LogP contribution in [0, 0.1) is 0 Å². The molecule has 0 aliphatic heterocycles. The molecule has 0 amide bonds. The van der Waals surface area contributed by atoms with Gasteiger partial charge in [0.15, 0.2) is 0 Å². The molecular formula is C28H23NO5S2. The van der Waals surface area contributed by atoms with E-state index in [0.29, 0.717) is 16.2 Å². The van der Waals surface area contributed by atoms with Crippen molar-refractivity contribution >= 4 is 41.7 Å². The van der Waals surface area contributed by atoms with Gasteiger partial charge in [-0.15, -0.1) is 0 Å². The lowest BCUT2D eigenvalue weighted by molar-refractivity contribution is 0.483. The molecule has 0 saturated heterocycles. The predicted molar refractivity (Wildman–Crippen MR) is 142 cm³/mol. The first-order valence-corrected chi connectivity index (χ1v) is 14.2. The number of hydrogen-bond acceptors (Lipinski definition) is 4. The van der Waals surface area contributed by atoms with Gasteiger partial charge in [0.25, 0.3) is 10.1 Å². The molecule has 0 heterocycles. The fourth-order valence-corrected chi connectivity index (χ4v) is 6.73. The maximum absolute atomic E-state index is 13.8. The fourth-order valence-electron chi connectivity index (χ4n) is 4.56. The van der Waals surface area contributed by atoms with Gasteiger partial charge >= 0.3 is 0 Å². The van der Waals surface area contributed by atoms with Crippen molar-refractivity contribution in [3.8, 4) is 11.1 Å². The summed E-state index contributed by atoms with van der Waals surface area (Å²) >= 11 is 0. The summed E-state index contributed by atoms with van der Waals surface area (Å²) in [6, 6.07) is 29.0. The molecule has 0 radical (unpaired) electrons. The molecule has 8 heteroatoms. The third-order valence-electron chi connectivity index (χ3n) is 6.23. The Morgan fingerprint density at radius 1 is 0.611 bits per heavy atom. The van der Waals surface area contributed by atoms with Crippen molar-refractivity contribution in [1.82, 2.24) is 4.72 Å². The topological polar surface area (TPSA) is 101 Å². The first kappa shape index (κ1) is 24.1. The van der Waals surface area contributed by atoms with Gasteiger partial charge in [-0.3, -0.25) is 4.55 Å². The largest absolute Gasteiger partial charge is 0.295 e. The second-order valence-electron chi connectivity index (χ2n) is 8.55. The van der Waals surface area contributed by atoms with Crippen LogP contribution < -0.4 is 4.72 Å². The van der Waals surface area contributed by atoms with Crippen LogP contribution in [0.2, 0.25) is 0 Å². The van der Waals surface area contributed by atoms with Crippen molar-refractivity contribution in [2.24, 2.45) is 0 Å². The van der Waals surface area contributed by atoms with Gasteiger partial charge in [0, 0.05) is 17.2 Å². The fraction of sp³-hybridized carbons (Fsp3) is 0.0714. The lowest BCUT2D eigenvalue weighted by Crippen LogP contribution is -2.27. The quantitative estimate of drug-likeness (QED) is 0.271. The summed E-state index contributed by atoms with van der Waals surface area (Å²) in [5.74, 6) is 0. The van der Waals surface area contributed by atoms with Gasteiger partial charge in [0.2, 0.25) is 10.0 Å². The van der Waals surface area contributed by atoms with Crippen LogP contribution in [0.3, 0.4) is 0 Å². The molecule has 5 aromatic carbocycles. The average Bonchev–Trinajstić information content (AvgIpc) is 2.87. The molecule has 0 aliphatic carbocycles.